The van der Waals surface area contributed by atoms with Gasteiger partial charge in [-0.25, -0.2) is 4.79 Å². The minimum atomic E-state index is -0.283. The molecule has 2 bridgehead atoms. The van der Waals surface area contributed by atoms with Gasteiger partial charge in [0.2, 0.25) is 0 Å². The van der Waals surface area contributed by atoms with Crippen molar-refractivity contribution in [3.63, 3.8) is 0 Å². The number of benzene rings is 1. The van der Waals surface area contributed by atoms with Crippen LogP contribution in [-0.4, -0.2) is 23.3 Å². The maximum Gasteiger partial charge on any atom is 0.338 e. The number of carbonyl (C=O) groups excluding carboxylic acids is 1. The van der Waals surface area contributed by atoms with E-state index in [4.69, 9.17) is 4.74 Å². The molecule has 1 aromatic rings. The average molecular weight is 342 g/mol. The van der Waals surface area contributed by atoms with E-state index in [2.05, 4.69) is 20.8 Å². The Kier molecular flexibility index (Phi) is 3.81. The van der Waals surface area contributed by atoms with E-state index in [0.29, 0.717) is 5.56 Å². The zero-order chi connectivity index (χ0) is 17.9. The van der Waals surface area contributed by atoms with Gasteiger partial charge in [0.25, 0.3) is 0 Å². The highest BCUT2D eigenvalue weighted by molar-refractivity contribution is 5.89. The van der Waals surface area contributed by atoms with Crippen molar-refractivity contribution in [2.45, 2.75) is 71.5 Å². The Bertz CT molecular complexity index is 667. The van der Waals surface area contributed by atoms with Gasteiger partial charge in [-0.05, 0) is 61.0 Å². The van der Waals surface area contributed by atoms with Crippen molar-refractivity contribution < 1.29 is 14.6 Å². The molecule has 3 fully saturated rings. The van der Waals surface area contributed by atoms with E-state index < -0.39 is 0 Å². The lowest BCUT2D eigenvalue weighted by Gasteiger charge is -2.56. The topological polar surface area (TPSA) is 46.5 Å². The van der Waals surface area contributed by atoms with Crippen molar-refractivity contribution in [3.05, 3.63) is 35.9 Å². The van der Waals surface area contributed by atoms with Crippen LogP contribution in [0.1, 0.15) is 69.7 Å². The molecule has 1 spiro atoms. The van der Waals surface area contributed by atoms with E-state index in [-0.39, 0.29) is 40.3 Å². The first kappa shape index (κ1) is 17.1. The normalized spacial score (nSPS) is 41.8. The smallest absolute Gasteiger partial charge is 0.338 e. The molecule has 1 N–H and O–H groups in total. The van der Waals surface area contributed by atoms with Gasteiger partial charge >= 0.3 is 5.97 Å². The van der Waals surface area contributed by atoms with Crippen LogP contribution in [0, 0.1) is 22.2 Å². The monoisotopic (exact) mass is 342 g/mol. The molecule has 1 aromatic carbocycles. The third-order valence-corrected chi connectivity index (χ3v) is 7.46. The zero-order valence-corrected chi connectivity index (χ0v) is 15.6. The summed E-state index contributed by atoms with van der Waals surface area (Å²) in [6, 6.07) is 9.25. The minimum absolute atomic E-state index is 0.125. The predicted octanol–water partition coefficient (Wildman–Crippen LogP) is 4.59. The average Bonchev–Trinajstić information content (AvgIpc) is 2.73. The van der Waals surface area contributed by atoms with Crippen molar-refractivity contribution in [2.75, 3.05) is 0 Å². The second-order valence-electron chi connectivity index (χ2n) is 9.74. The van der Waals surface area contributed by atoms with Gasteiger partial charge in [0.15, 0.2) is 0 Å². The lowest BCUT2D eigenvalue weighted by molar-refractivity contribution is -0.126. The van der Waals surface area contributed by atoms with Crippen LogP contribution in [0.25, 0.3) is 0 Å². The molecular formula is C22H30O3. The SMILES string of the molecule is CC1(C)C2[C@H](O)C[C@@]3(C)CCC[C@]2(C[C@H]1OC(=O)c1ccccc1)C3. The summed E-state index contributed by atoms with van der Waals surface area (Å²) in [6.07, 6.45) is 6.16. The fourth-order valence-corrected chi connectivity index (χ4v) is 6.75. The first-order valence-electron chi connectivity index (χ1n) is 9.70. The van der Waals surface area contributed by atoms with Gasteiger partial charge in [-0.15, -0.1) is 0 Å². The highest BCUT2D eigenvalue weighted by atomic mass is 16.5. The van der Waals surface area contributed by atoms with Crippen LogP contribution in [0.2, 0.25) is 0 Å². The summed E-state index contributed by atoms with van der Waals surface area (Å²) < 4.78 is 6.02. The zero-order valence-electron chi connectivity index (χ0n) is 15.6. The summed E-state index contributed by atoms with van der Waals surface area (Å²) in [6.45, 7) is 6.72. The van der Waals surface area contributed by atoms with Crippen molar-refractivity contribution >= 4 is 5.97 Å². The number of hydrogen-bond acceptors (Lipinski definition) is 3. The van der Waals surface area contributed by atoms with Crippen LogP contribution in [0.15, 0.2) is 30.3 Å². The quantitative estimate of drug-likeness (QED) is 0.800. The first-order chi connectivity index (χ1) is 11.8. The standard InChI is InChI=1S/C22H30O3/c1-20(2)17(25-19(24)15-8-5-4-6-9-15)13-22-11-7-10-21(3,14-22)12-16(23)18(20)22/h4-6,8-9,16-18,23H,7,10-14H2,1-3H3/t16-,17-,18?,21-,22+/m1/s1. The molecule has 0 saturated heterocycles. The van der Waals surface area contributed by atoms with E-state index in [0.717, 1.165) is 19.3 Å². The van der Waals surface area contributed by atoms with Crippen LogP contribution in [0.5, 0.6) is 0 Å². The molecule has 0 amide bonds. The van der Waals surface area contributed by atoms with Crippen LogP contribution in [-0.2, 0) is 4.74 Å². The Morgan fingerprint density at radius 2 is 1.84 bits per heavy atom. The van der Waals surface area contributed by atoms with E-state index in [1.165, 1.54) is 19.3 Å². The number of hydrogen-bond donors (Lipinski definition) is 1. The number of esters is 1. The molecule has 0 aromatic heterocycles. The molecule has 3 heteroatoms. The summed E-state index contributed by atoms with van der Waals surface area (Å²) in [5.74, 6) is -0.0104. The van der Waals surface area contributed by atoms with Crippen molar-refractivity contribution in [3.8, 4) is 0 Å². The number of fused-ring (bicyclic) bond motifs is 1. The third kappa shape index (κ3) is 2.63. The maximum atomic E-state index is 12.6. The lowest BCUT2D eigenvalue weighted by Crippen LogP contribution is -2.52. The Labute approximate surface area is 150 Å². The maximum absolute atomic E-state index is 12.6. The molecule has 136 valence electrons. The molecule has 0 aliphatic heterocycles. The molecule has 3 aliphatic carbocycles. The fourth-order valence-electron chi connectivity index (χ4n) is 6.75. The molecule has 0 heterocycles. The Morgan fingerprint density at radius 1 is 1.12 bits per heavy atom. The summed E-state index contributed by atoms with van der Waals surface area (Å²) in [5, 5.41) is 11.0. The van der Waals surface area contributed by atoms with Crippen molar-refractivity contribution in [1.29, 1.82) is 0 Å². The molecule has 4 rings (SSSR count). The van der Waals surface area contributed by atoms with E-state index in [1.54, 1.807) is 0 Å². The molecule has 3 nitrogen and oxygen atoms in total. The van der Waals surface area contributed by atoms with Gasteiger partial charge in [0, 0.05) is 5.41 Å². The number of aliphatic hydroxyl groups is 1. The van der Waals surface area contributed by atoms with Gasteiger partial charge in [-0.1, -0.05) is 45.4 Å². The molecule has 25 heavy (non-hydrogen) atoms. The predicted molar refractivity (Wildman–Crippen MR) is 97.2 cm³/mol. The number of aliphatic hydroxyl groups excluding tert-OH is 1. The lowest BCUT2D eigenvalue weighted by atomic mass is 9.49. The van der Waals surface area contributed by atoms with E-state index in [9.17, 15) is 9.90 Å². The van der Waals surface area contributed by atoms with Gasteiger partial charge in [0.05, 0.1) is 11.7 Å². The first-order valence-corrected chi connectivity index (χ1v) is 9.70. The summed E-state index contributed by atoms with van der Waals surface area (Å²) in [4.78, 5) is 12.6. The third-order valence-electron chi connectivity index (χ3n) is 7.46. The summed E-state index contributed by atoms with van der Waals surface area (Å²) in [7, 11) is 0. The molecule has 3 aliphatic rings. The Morgan fingerprint density at radius 3 is 2.56 bits per heavy atom. The molecular weight excluding hydrogens is 312 g/mol. The fraction of sp³-hybridized carbons (Fsp3) is 0.682. The highest BCUT2D eigenvalue weighted by Crippen LogP contribution is 2.69. The van der Waals surface area contributed by atoms with Gasteiger partial charge in [-0.3, -0.25) is 0 Å². The van der Waals surface area contributed by atoms with Crippen LogP contribution in [0.3, 0.4) is 0 Å². The molecule has 3 saturated carbocycles. The van der Waals surface area contributed by atoms with Gasteiger partial charge in [0.1, 0.15) is 6.10 Å². The van der Waals surface area contributed by atoms with Crippen LogP contribution < -0.4 is 0 Å². The number of rotatable bonds is 2. The van der Waals surface area contributed by atoms with Crippen molar-refractivity contribution in [2.24, 2.45) is 22.2 Å². The molecule has 5 atom stereocenters. The second kappa shape index (κ2) is 5.57. The number of carbonyl (C=O) groups is 1. The highest BCUT2D eigenvalue weighted by Gasteiger charge is 2.66. The minimum Gasteiger partial charge on any atom is -0.458 e. The molecule has 0 radical (unpaired) electrons. The summed E-state index contributed by atoms with van der Waals surface area (Å²) >= 11 is 0. The second-order valence-corrected chi connectivity index (χ2v) is 9.74. The molecule has 1 unspecified atom stereocenters. The Balaban J connectivity index is 1.62. The van der Waals surface area contributed by atoms with Crippen LogP contribution >= 0.6 is 0 Å². The number of ether oxygens (including phenoxy) is 1. The van der Waals surface area contributed by atoms with Gasteiger partial charge < -0.3 is 9.84 Å². The van der Waals surface area contributed by atoms with E-state index >= 15 is 0 Å². The summed E-state index contributed by atoms with van der Waals surface area (Å²) in [5.41, 5.74) is 0.806. The van der Waals surface area contributed by atoms with Gasteiger partial charge in [-0.2, -0.15) is 0 Å². The van der Waals surface area contributed by atoms with Crippen molar-refractivity contribution in [1.82, 2.24) is 0 Å². The van der Waals surface area contributed by atoms with Crippen LogP contribution in [0.4, 0.5) is 0 Å². The largest absolute Gasteiger partial charge is 0.458 e. The van der Waals surface area contributed by atoms with E-state index in [1.807, 2.05) is 30.3 Å². The Hall–Kier alpha value is -1.35.